The van der Waals surface area contributed by atoms with Gasteiger partial charge in [-0.2, -0.15) is 0 Å². The van der Waals surface area contributed by atoms with Crippen LogP contribution < -0.4 is 5.73 Å². The SMILES string of the molecule is CCCC=NC(=NCN)c1c(C)cccc1C. The standard InChI is InChI=1S/C14H21N3/c1-4-5-9-16-14(17-10-15)13-11(2)7-6-8-12(13)3/h6-9H,4-5,10,15H2,1-3H3. The number of aryl methyl sites for hydroxylation is 2. The van der Waals surface area contributed by atoms with E-state index in [2.05, 4.69) is 42.9 Å². The summed E-state index contributed by atoms with van der Waals surface area (Å²) in [6.07, 6.45) is 3.97. The zero-order chi connectivity index (χ0) is 12.7. The number of nitrogens with two attached hydrogens (primary N) is 1. The van der Waals surface area contributed by atoms with Crippen molar-refractivity contribution in [2.24, 2.45) is 15.7 Å². The molecule has 0 heterocycles. The molecule has 92 valence electrons. The minimum Gasteiger partial charge on any atom is -0.312 e. The second-order valence-corrected chi connectivity index (χ2v) is 4.03. The molecule has 0 aliphatic rings. The van der Waals surface area contributed by atoms with E-state index in [1.165, 1.54) is 11.1 Å². The van der Waals surface area contributed by atoms with E-state index < -0.39 is 0 Å². The van der Waals surface area contributed by atoms with Gasteiger partial charge in [0.05, 0.1) is 6.67 Å². The summed E-state index contributed by atoms with van der Waals surface area (Å²) in [7, 11) is 0. The van der Waals surface area contributed by atoms with E-state index in [4.69, 9.17) is 5.73 Å². The Balaban J connectivity index is 3.10. The highest BCUT2D eigenvalue weighted by Gasteiger charge is 2.07. The van der Waals surface area contributed by atoms with Crippen molar-refractivity contribution < 1.29 is 0 Å². The maximum atomic E-state index is 5.51. The van der Waals surface area contributed by atoms with Crippen molar-refractivity contribution in [2.75, 3.05) is 6.67 Å². The zero-order valence-corrected chi connectivity index (χ0v) is 10.9. The molecule has 3 heteroatoms. The lowest BCUT2D eigenvalue weighted by atomic mass is 10.0. The van der Waals surface area contributed by atoms with E-state index >= 15 is 0 Å². The molecule has 1 aromatic rings. The molecule has 0 atom stereocenters. The molecule has 1 rings (SSSR count). The predicted molar refractivity (Wildman–Crippen MR) is 74.9 cm³/mol. The van der Waals surface area contributed by atoms with Crippen LogP contribution in [0.4, 0.5) is 0 Å². The maximum absolute atomic E-state index is 5.51. The van der Waals surface area contributed by atoms with Gasteiger partial charge in [0.25, 0.3) is 0 Å². The van der Waals surface area contributed by atoms with E-state index in [0.717, 1.165) is 24.2 Å². The highest BCUT2D eigenvalue weighted by molar-refractivity contribution is 6.05. The first-order chi connectivity index (χ1) is 8.20. The Morgan fingerprint density at radius 2 is 1.94 bits per heavy atom. The van der Waals surface area contributed by atoms with Crippen LogP contribution in [-0.4, -0.2) is 18.7 Å². The van der Waals surface area contributed by atoms with Gasteiger partial charge in [0, 0.05) is 11.8 Å². The molecule has 0 aliphatic carbocycles. The molecule has 0 bridgehead atoms. The van der Waals surface area contributed by atoms with Crippen LogP contribution in [0.5, 0.6) is 0 Å². The van der Waals surface area contributed by atoms with Crippen molar-refractivity contribution in [1.29, 1.82) is 0 Å². The third-order valence-corrected chi connectivity index (χ3v) is 2.58. The summed E-state index contributed by atoms with van der Waals surface area (Å²) in [6, 6.07) is 6.19. The summed E-state index contributed by atoms with van der Waals surface area (Å²) in [5.74, 6) is 0.747. The van der Waals surface area contributed by atoms with Crippen molar-refractivity contribution >= 4 is 12.1 Å². The minimum absolute atomic E-state index is 0.270. The van der Waals surface area contributed by atoms with Gasteiger partial charge in [0.15, 0.2) is 5.84 Å². The lowest BCUT2D eigenvalue weighted by molar-refractivity contribution is 1.01. The van der Waals surface area contributed by atoms with Gasteiger partial charge in [-0.25, -0.2) is 4.99 Å². The zero-order valence-electron chi connectivity index (χ0n) is 10.9. The van der Waals surface area contributed by atoms with Gasteiger partial charge in [-0.15, -0.1) is 0 Å². The van der Waals surface area contributed by atoms with E-state index in [1.54, 1.807) is 0 Å². The fourth-order valence-electron chi connectivity index (χ4n) is 1.72. The summed E-state index contributed by atoms with van der Waals surface area (Å²) in [6.45, 7) is 6.55. The molecule has 0 spiro atoms. The first kappa shape index (κ1) is 13.6. The molecule has 0 unspecified atom stereocenters. The van der Waals surface area contributed by atoms with Crippen molar-refractivity contribution in [3.8, 4) is 0 Å². The van der Waals surface area contributed by atoms with Gasteiger partial charge in [0.2, 0.25) is 0 Å². The molecule has 0 radical (unpaired) electrons. The third kappa shape index (κ3) is 3.79. The monoisotopic (exact) mass is 231 g/mol. The molecule has 0 saturated carbocycles. The van der Waals surface area contributed by atoms with Crippen molar-refractivity contribution in [2.45, 2.75) is 33.6 Å². The van der Waals surface area contributed by atoms with Crippen LogP contribution >= 0.6 is 0 Å². The predicted octanol–water partition coefficient (Wildman–Crippen LogP) is 2.84. The van der Waals surface area contributed by atoms with Crippen LogP contribution in [0, 0.1) is 13.8 Å². The topological polar surface area (TPSA) is 50.7 Å². The number of hydrogen-bond acceptors (Lipinski definition) is 2. The first-order valence-corrected chi connectivity index (χ1v) is 6.04. The normalized spacial score (nSPS) is 12.4. The number of aliphatic imine (C=N–C) groups is 2. The van der Waals surface area contributed by atoms with Gasteiger partial charge in [-0.05, 0) is 31.4 Å². The summed E-state index contributed by atoms with van der Waals surface area (Å²) in [5, 5.41) is 0. The first-order valence-electron chi connectivity index (χ1n) is 6.04. The fraction of sp³-hybridized carbons (Fsp3) is 0.429. The summed E-state index contributed by atoms with van der Waals surface area (Å²) < 4.78 is 0. The van der Waals surface area contributed by atoms with E-state index in [0.29, 0.717) is 0 Å². The van der Waals surface area contributed by atoms with Gasteiger partial charge in [-0.3, -0.25) is 4.99 Å². The van der Waals surface area contributed by atoms with Crippen LogP contribution in [-0.2, 0) is 0 Å². The van der Waals surface area contributed by atoms with E-state index in [9.17, 15) is 0 Å². The number of rotatable bonds is 4. The molecule has 2 N–H and O–H groups in total. The quantitative estimate of drug-likeness (QED) is 0.628. The van der Waals surface area contributed by atoms with Gasteiger partial charge >= 0.3 is 0 Å². The highest BCUT2D eigenvalue weighted by atomic mass is 15.0. The second kappa shape index (κ2) is 6.97. The van der Waals surface area contributed by atoms with Crippen LogP contribution in [0.3, 0.4) is 0 Å². The molecule has 0 fully saturated rings. The van der Waals surface area contributed by atoms with Gasteiger partial charge in [-0.1, -0.05) is 31.5 Å². The van der Waals surface area contributed by atoms with Crippen LogP contribution in [0.1, 0.15) is 36.5 Å². The Labute approximate surface area is 103 Å². The van der Waals surface area contributed by atoms with Crippen molar-refractivity contribution in [3.05, 3.63) is 34.9 Å². The number of unbranched alkanes of at least 4 members (excludes halogenated alkanes) is 1. The van der Waals surface area contributed by atoms with Crippen LogP contribution in [0.2, 0.25) is 0 Å². The molecule has 0 saturated heterocycles. The minimum atomic E-state index is 0.270. The summed E-state index contributed by atoms with van der Waals surface area (Å²) in [5.41, 5.74) is 8.98. The molecule has 0 aliphatic heterocycles. The van der Waals surface area contributed by atoms with Crippen molar-refractivity contribution in [3.63, 3.8) is 0 Å². The number of amidine groups is 1. The van der Waals surface area contributed by atoms with E-state index in [-0.39, 0.29) is 6.67 Å². The fourth-order valence-corrected chi connectivity index (χ4v) is 1.72. The molecule has 3 nitrogen and oxygen atoms in total. The van der Waals surface area contributed by atoms with Gasteiger partial charge in [0.1, 0.15) is 0 Å². The third-order valence-electron chi connectivity index (χ3n) is 2.58. The highest BCUT2D eigenvalue weighted by Crippen LogP contribution is 2.15. The average molecular weight is 231 g/mol. The van der Waals surface area contributed by atoms with Crippen molar-refractivity contribution in [1.82, 2.24) is 0 Å². The molecular formula is C14H21N3. The Morgan fingerprint density at radius 3 is 2.47 bits per heavy atom. The Kier molecular flexibility index (Phi) is 5.57. The van der Waals surface area contributed by atoms with Crippen LogP contribution in [0.25, 0.3) is 0 Å². The molecule has 0 aromatic heterocycles. The Morgan fingerprint density at radius 1 is 1.29 bits per heavy atom. The molecular weight excluding hydrogens is 210 g/mol. The lowest BCUT2D eigenvalue weighted by Gasteiger charge is -2.08. The van der Waals surface area contributed by atoms with Crippen LogP contribution in [0.15, 0.2) is 28.2 Å². The largest absolute Gasteiger partial charge is 0.312 e. The smallest absolute Gasteiger partial charge is 0.156 e. The number of benzene rings is 1. The number of nitrogens with zero attached hydrogens (tertiary/aromatic N) is 2. The lowest BCUT2D eigenvalue weighted by Crippen LogP contribution is -2.07. The maximum Gasteiger partial charge on any atom is 0.156 e. The molecule has 17 heavy (non-hydrogen) atoms. The summed E-state index contributed by atoms with van der Waals surface area (Å²) in [4.78, 5) is 8.72. The molecule has 1 aromatic carbocycles. The summed E-state index contributed by atoms with van der Waals surface area (Å²) >= 11 is 0. The van der Waals surface area contributed by atoms with E-state index in [1.807, 2.05) is 12.3 Å². The molecule has 0 amide bonds. The second-order valence-electron chi connectivity index (χ2n) is 4.03. The average Bonchev–Trinajstić information content (AvgIpc) is 2.29. The Hall–Kier alpha value is -1.48. The van der Waals surface area contributed by atoms with Gasteiger partial charge < -0.3 is 5.73 Å². The Bertz CT molecular complexity index is 399. The number of hydrogen-bond donors (Lipinski definition) is 1.